The van der Waals surface area contributed by atoms with Crippen LogP contribution in [0.3, 0.4) is 0 Å². The van der Waals surface area contributed by atoms with Crippen LogP contribution in [0, 0.1) is 0 Å². The molecule has 0 bridgehead atoms. The van der Waals surface area contributed by atoms with Crippen molar-refractivity contribution in [1.82, 2.24) is 0 Å². The van der Waals surface area contributed by atoms with Crippen LogP contribution in [0.1, 0.15) is 37.8 Å². The zero-order valence-corrected chi connectivity index (χ0v) is 26.3. The molecule has 5 rings (SSSR count). The maximum atomic E-state index is 2.69. The van der Waals surface area contributed by atoms with Gasteiger partial charge in [0.15, 0.2) is 0 Å². The molecule has 0 saturated carbocycles. The third kappa shape index (κ3) is 4.84. The summed E-state index contributed by atoms with van der Waals surface area (Å²) < 4.78 is 7.75. The molecule has 0 radical (unpaired) electrons. The van der Waals surface area contributed by atoms with Gasteiger partial charge in [-0.2, -0.15) is 0 Å². The van der Waals surface area contributed by atoms with Gasteiger partial charge in [-0.05, 0) is 0 Å². The molecule has 2 aliphatic carbocycles. The average Bonchev–Trinajstić information content (AvgIpc) is 3.45. The SMILES string of the molecule is CC1=[C]([Zr]([CH3])(=[SiH2])([C]2=C(C)C=C(c3ccccc3)C2)[c]2ccccc2)CC(c2ccccc2)=C1.Cl.Cl. The van der Waals surface area contributed by atoms with E-state index in [2.05, 4.69) is 129 Å². The summed E-state index contributed by atoms with van der Waals surface area (Å²) in [6.07, 6.45) is 7.09. The fourth-order valence-electron chi connectivity index (χ4n) is 6.10. The molecule has 0 aliphatic heterocycles. The van der Waals surface area contributed by atoms with Crippen molar-refractivity contribution in [3.05, 3.63) is 132 Å². The standard InChI is InChI=1S/2C12H11.C6H5.CH3.2ClH.H2Si.Zr/c2*1-10-7-8-12(9-10)11-5-3-2-4-6-11;1-2-4-6-5-3-1;;;;;/h2*2-6,9H,8H2,1H3;1-5H;1H3;2*1H;1H2;. The van der Waals surface area contributed by atoms with Gasteiger partial charge < -0.3 is 0 Å². The number of halogens is 2. The van der Waals surface area contributed by atoms with Gasteiger partial charge in [-0.15, -0.1) is 24.8 Å². The monoisotopic (exact) mass is 594 g/mol. The smallest absolute Gasteiger partial charge is 0.147 e. The Morgan fingerprint density at radius 3 is 1.29 bits per heavy atom. The van der Waals surface area contributed by atoms with Crippen molar-refractivity contribution in [3.63, 3.8) is 0 Å². The number of hydrogen-bond donors (Lipinski definition) is 0. The Balaban J connectivity index is 0.00000171. The summed E-state index contributed by atoms with van der Waals surface area (Å²) in [7, 11) is 0. The number of rotatable bonds is 5. The van der Waals surface area contributed by atoms with Gasteiger partial charge in [-0.1, -0.05) is 0 Å². The molecule has 0 fully saturated rings. The van der Waals surface area contributed by atoms with Crippen LogP contribution in [-0.2, 0) is 17.4 Å². The first-order valence-corrected chi connectivity index (χ1v) is 24.0. The van der Waals surface area contributed by atoms with Gasteiger partial charge in [0.2, 0.25) is 0 Å². The third-order valence-corrected chi connectivity index (χ3v) is 30.9. The molecule has 3 aromatic carbocycles. The van der Waals surface area contributed by atoms with Crippen molar-refractivity contribution in [2.75, 3.05) is 0 Å². The molecule has 0 nitrogen and oxygen atoms in total. The predicted octanol–water partition coefficient (Wildman–Crippen LogP) is 7.96. The molecule has 0 unspecified atom stereocenters. The maximum absolute atomic E-state index is 3.76. The molecule has 0 saturated heterocycles. The molecule has 0 aromatic heterocycles. The second-order valence-corrected chi connectivity index (χ2v) is 34.8. The molecule has 0 spiro atoms. The maximum Gasteiger partial charge on any atom is -0.147 e. The first kappa shape index (κ1) is 27.9. The van der Waals surface area contributed by atoms with Gasteiger partial charge in [0, 0.05) is 0 Å². The third-order valence-electron chi connectivity index (χ3n) is 7.95. The van der Waals surface area contributed by atoms with Crippen molar-refractivity contribution >= 4 is 46.1 Å². The summed E-state index contributed by atoms with van der Waals surface area (Å²) in [5.74, 6) is 0. The number of hydrogen-bond acceptors (Lipinski definition) is 0. The van der Waals surface area contributed by atoms with Crippen LogP contribution in [0.2, 0.25) is 4.63 Å². The van der Waals surface area contributed by atoms with E-state index in [1.165, 1.54) is 33.4 Å². The van der Waals surface area contributed by atoms with Gasteiger partial charge in [0.25, 0.3) is 0 Å². The number of benzene rings is 3. The first-order valence-electron chi connectivity index (χ1n) is 11.9. The van der Waals surface area contributed by atoms with E-state index >= 15 is 0 Å². The van der Waals surface area contributed by atoms with Gasteiger partial charge in [-0.25, -0.2) is 0 Å². The van der Waals surface area contributed by atoms with Gasteiger partial charge in [-0.3, -0.25) is 0 Å². The summed E-state index contributed by atoms with van der Waals surface area (Å²) in [5.41, 5.74) is 8.66. The normalized spacial score (nSPS) is 15.9. The average molecular weight is 597 g/mol. The largest absolute Gasteiger partial charge is 0.147 e. The molecule has 0 N–H and O–H groups in total. The Morgan fingerprint density at radius 1 is 0.571 bits per heavy atom. The van der Waals surface area contributed by atoms with Crippen LogP contribution in [0.15, 0.2) is 121 Å². The molecular formula is C31H34Cl2SiZr. The van der Waals surface area contributed by atoms with Crippen LogP contribution in [0.4, 0.5) is 0 Å². The molecule has 180 valence electrons. The Hall–Kier alpha value is -1.70. The van der Waals surface area contributed by atoms with E-state index in [4.69, 9.17) is 0 Å². The summed E-state index contributed by atoms with van der Waals surface area (Å²) in [6.45, 7) is 7.10. The Kier molecular flexibility index (Phi) is 8.55. The Labute approximate surface area is 225 Å². The van der Waals surface area contributed by atoms with Crippen LogP contribution in [0.25, 0.3) is 11.1 Å². The van der Waals surface area contributed by atoms with E-state index in [0.717, 1.165) is 12.8 Å². The van der Waals surface area contributed by atoms with E-state index < -0.39 is 17.4 Å². The minimum Gasteiger partial charge on any atom is -0.147 e. The first-order chi connectivity index (χ1) is 15.9. The molecular weight excluding hydrogens is 563 g/mol. The van der Waals surface area contributed by atoms with Crippen LogP contribution in [-0.4, -0.2) is 6.88 Å². The summed E-state index contributed by atoms with van der Waals surface area (Å²) >= 11 is -3.76. The quantitative estimate of drug-likeness (QED) is 0.262. The molecule has 0 amide bonds. The van der Waals surface area contributed by atoms with E-state index in [0.29, 0.717) is 0 Å². The molecule has 2 aliphatic rings. The molecule has 35 heavy (non-hydrogen) atoms. The van der Waals surface area contributed by atoms with Crippen LogP contribution >= 0.6 is 24.8 Å². The Morgan fingerprint density at radius 2 is 0.914 bits per heavy atom. The van der Waals surface area contributed by atoms with Gasteiger partial charge in [0.1, 0.15) is 0 Å². The van der Waals surface area contributed by atoms with Crippen molar-refractivity contribution in [2.24, 2.45) is 0 Å². The zero-order chi connectivity index (χ0) is 23.1. The van der Waals surface area contributed by atoms with E-state index in [1.54, 1.807) is 9.83 Å². The fraction of sp³-hybridized carbons (Fsp3) is 0.161. The summed E-state index contributed by atoms with van der Waals surface area (Å²) in [6, 6.07) is 33.4. The summed E-state index contributed by atoms with van der Waals surface area (Å²) in [5, 5.41) is 0. The number of allylic oxidation sites excluding steroid dienone is 8. The fourth-order valence-corrected chi connectivity index (χ4v) is 26.5. The van der Waals surface area contributed by atoms with Gasteiger partial charge in [0.05, 0.1) is 0 Å². The van der Waals surface area contributed by atoms with E-state index in [1.807, 2.05) is 0 Å². The van der Waals surface area contributed by atoms with Crippen molar-refractivity contribution in [1.29, 1.82) is 0 Å². The van der Waals surface area contributed by atoms with Crippen LogP contribution < -0.4 is 3.27 Å². The van der Waals surface area contributed by atoms with Crippen molar-refractivity contribution in [3.8, 4) is 0 Å². The Bertz CT molecular complexity index is 1330. The second-order valence-electron chi connectivity index (χ2n) is 10.1. The van der Waals surface area contributed by atoms with Crippen molar-refractivity contribution in [2.45, 2.75) is 31.3 Å². The second kappa shape index (κ2) is 10.7. The van der Waals surface area contributed by atoms with Crippen molar-refractivity contribution < 1.29 is 17.4 Å². The molecule has 0 heterocycles. The van der Waals surface area contributed by atoms with Crippen LogP contribution in [0.5, 0.6) is 0 Å². The minimum atomic E-state index is -3.76. The molecule has 3 aromatic rings. The zero-order valence-electron chi connectivity index (χ0n) is 20.8. The molecule has 4 heteroatoms. The predicted molar refractivity (Wildman–Crippen MR) is 158 cm³/mol. The van der Waals surface area contributed by atoms with E-state index in [-0.39, 0.29) is 24.8 Å². The topological polar surface area (TPSA) is 0 Å². The van der Waals surface area contributed by atoms with E-state index in [9.17, 15) is 0 Å². The summed E-state index contributed by atoms with van der Waals surface area (Å²) in [4.78, 5) is 0. The molecule has 0 atom stereocenters. The van der Waals surface area contributed by atoms with Gasteiger partial charge >= 0.3 is 202 Å². The minimum absolute atomic E-state index is 0.